The lowest BCUT2D eigenvalue weighted by molar-refractivity contribution is -0.121. The molecular weight excluding hydrogens is 332 g/mol. The van der Waals surface area contributed by atoms with Crippen LogP contribution in [0.1, 0.15) is 37.9 Å². The molecule has 4 rings (SSSR count). The smallest absolute Gasteiger partial charge is 0.297 e. The second-order valence-corrected chi connectivity index (χ2v) is 6.95. The molecular formula is C18H22N6O2. The van der Waals surface area contributed by atoms with Crippen LogP contribution in [0, 0.1) is 12.8 Å². The van der Waals surface area contributed by atoms with E-state index in [9.17, 15) is 9.59 Å². The van der Waals surface area contributed by atoms with Crippen molar-refractivity contribution in [1.82, 2.24) is 29.5 Å². The molecule has 8 heteroatoms. The Hall–Kier alpha value is -2.77. The maximum Gasteiger partial charge on any atom is 0.297 e. The highest BCUT2D eigenvalue weighted by Gasteiger charge is 2.18. The van der Waals surface area contributed by atoms with Crippen LogP contribution >= 0.6 is 0 Å². The summed E-state index contributed by atoms with van der Waals surface area (Å²) < 4.78 is 3.07. The number of carbonyl (C=O) groups is 1. The zero-order chi connectivity index (χ0) is 18.1. The third-order valence-corrected chi connectivity index (χ3v) is 5.14. The highest BCUT2D eigenvalue weighted by Crippen LogP contribution is 2.22. The maximum absolute atomic E-state index is 12.8. The van der Waals surface area contributed by atoms with Gasteiger partial charge in [-0.1, -0.05) is 19.3 Å². The summed E-state index contributed by atoms with van der Waals surface area (Å²) in [6.07, 6.45) is 7.74. The van der Waals surface area contributed by atoms with Gasteiger partial charge in [0.2, 0.25) is 11.6 Å². The third kappa shape index (κ3) is 2.95. The fraction of sp³-hybridized carbons (Fsp3) is 0.500. The topological polar surface area (TPSA) is 94.2 Å². The van der Waals surface area contributed by atoms with E-state index in [1.54, 1.807) is 29.7 Å². The molecule has 3 heterocycles. The molecule has 0 bridgehead atoms. The van der Waals surface area contributed by atoms with Gasteiger partial charge in [0.15, 0.2) is 5.65 Å². The van der Waals surface area contributed by atoms with Gasteiger partial charge in [-0.2, -0.15) is 0 Å². The Morgan fingerprint density at radius 2 is 2.04 bits per heavy atom. The van der Waals surface area contributed by atoms with Crippen LogP contribution < -0.4 is 10.9 Å². The number of pyridine rings is 1. The molecule has 1 amide bonds. The molecule has 0 spiro atoms. The van der Waals surface area contributed by atoms with E-state index >= 15 is 0 Å². The first kappa shape index (κ1) is 16.7. The highest BCUT2D eigenvalue weighted by atomic mass is 16.2. The molecule has 1 saturated carbocycles. The van der Waals surface area contributed by atoms with Crippen LogP contribution in [-0.2, 0) is 11.3 Å². The number of amides is 1. The number of hydrogen-bond donors (Lipinski definition) is 1. The summed E-state index contributed by atoms with van der Waals surface area (Å²) in [6, 6.07) is 3.54. The summed E-state index contributed by atoms with van der Waals surface area (Å²) in [6.45, 7) is 2.40. The van der Waals surface area contributed by atoms with Crippen molar-refractivity contribution in [2.45, 2.75) is 45.6 Å². The molecule has 136 valence electrons. The van der Waals surface area contributed by atoms with Gasteiger partial charge in [-0.15, -0.1) is 10.2 Å². The molecule has 0 saturated heterocycles. The van der Waals surface area contributed by atoms with Gasteiger partial charge in [0.05, 0.1) is 5.52 Å². The van der Waals surface area contributed by atoms with Crippen LogP contribution in [0.25, 0.3) is 16.8 Å². The number of aryl methyl sites for hydroxylation is 1. The van der Waals surface area contributed by atoms with E-state index in [1.807, 2.05) is 0 Å². The standard InChI is InChI=1S/C18H22N6O2/c1-12-21-22-17-18(26)23(14-8-5-9-19-16(14)24(12)17)11-15(25)20-10-13-6-3-2-4-7-13/h5,8-9,13H,2-4,6-7,10-11H2,1H3,(H,20,25). The molecule has 1 fully saturated rings. The average Bonchev–Trinajstić information content (AvgIpc) is 3.06. The number of fused-ring (bicyclic) bond motifs is 3. The number of aromatic nitrogens is 5. The lowest BCUT2D eigenvalue weighted by Crippen LogP contribution is -2.36. The van der Waals surface area contributed by atoms with Gasteiger partial charge in [0, 0.05) is 12.7 Å². The summed E-state index contributed by atoms with van der Waals surface area (Å²) in [4.78, 5) is 29.6. The zero-order valence-electron chi connectivity index (χ0n) is 14.8. The fourth-order valence-corrected chi connectivity index (χ4v) is 3.76. The van der Waals surface area contributed by atoms with Crippen LogP contribution in [-0.4, -0.2) is 36.6 Å². The summed E-state index contributed by atoms with van der Waals surface area (Å²) in [7, 11) is 0. The second-order valence-electron chi connectivity index (χ2n) is 6.95. The minimum atomic E-state index is -0.334. The van der Waals surface area contributed by atoms with E-state index in [4.69, 9.17) is 0 Å². The maximum atomic E-state index is 12.8. The Kier molecular flexibility index (Phi) is 4.40. The summed E-state index contributed by atoms with van der Waals surface area (Å²) in [5, 5.41) is 10.9. The minimum Gasteiger partial charge on any atom is -0.354 e. The molecule has 0 aromatic carbocycles. The molecule has 3 aromatic heterocycles. The van der Waals surface area contributed by atoms with Gasteiger partial charge in [0.1, 0.15) is 12.4 Å². The van der Waals surface area contributed by atoms with E-state index in [1.165, 1.54) is 23.8 Å². The van der Waals surface area contributed by atoms with Crippen LogP contribution in [0.3, 0.4) is 0 Å². The normalized spacial score (nSPS) is 15.6. The zero-order valence-corrected chi connectivity index (χ0v) is 14.8. The number of hydrogen-bond acceptors (Lipinski definition) is 5. The first-order valence-corrected chi connectivity index (χ1v) is 9.11. The van der Waals surface area contributed by atoms with Gasteiger partial charge in [-0.25, -0.2) is 4.98 Å². The lowest BCUT2D eigenvalue weighted by Gasteiger charge is -2.21. The van der Waals surface area contributed by atoms with Crippen molar-refractivity contribution in [3.63, 3.8) is 0 Å². The molecule has 8 nitrogen and oxygen atoms in total. The van der Waals surface area contributed by atoms with E-state index in [0.29, 0.717) is 29.5 Å². The number of nitrogens with zero attached hydrogens (tertiary/aromatic N) is 5. The molecule has 26 heavy (non-hydrogen) atoms. The lowest BCUT2D eigenvalue weighted by atomic mass is 9.89. The fourth-order valence-electron chi connectivity index (χ4n) is 3.76. The van der Waals surface area contributed by atoms with Gasteiger partial charge < -0.3 is 5.32 Å². The number of nitrogens with one attached hydrogen (secondary N) is 1. The Balaban J connectivity index is 1.64. The van der Waals surface area contributed by atoms with Crippen molar-refractivity contribution in [2.75, 3.05) is 6.54 Å². The monoisotopic (exact) mass is 354 g/mol. The Morgan fingerprint density at radius 3 is 2.85 bits per heavy atom. The first-order chi connectivity index (χ1) is 12.6. The quantitative estimate of drug-likeness (QED) is 0.765. The van der Waals surface area contributed by atoms with E-state index in [0.717, 1.165) is 12.8 Å². The van der Waals surface area contributed by atoms with Crippen LogP contribution in [0.4, 0.5) is 0 Å². The van der Waals surface area contributed by atoms with Crippen molar-refractivity contribution >= 4 is 22.7 Å². The van der Waals surface area contributed by atoms with Gasteiger partial charge in [0.25, 0.3) is 5.56 Å². The Morgan fingerprint density at radius 1 is 1.23 bits per heavy atom. The molecule has 3 aromatic rings. The largest absolute Gasteiger partial charge is 0.354 e. The minimum absolute atomic E-state index is 0.0455. The SMILES string of the molecule is Cc1nnc2c(=O)n(CC(=O)NCC3CCCCC3)c3cccnc3n12. The van der Waals surface area contributed by atoms with Crippen molar-refractivity contribution < 1.29 is 4.79 Å². The van der Waals surface area contributed by atoms with Crippen molar-refractivity contribution in [3.8, 4) is 0 Å². The first-order valence-electron chi connectivity index (χ1n) is 9.11. The third-order valence-electron chi connectivity index (χ3n) is 5.14. The molecule has 1 N–H and O–H groups in total. The van der Waals surface area contributed by atoms with Gasteiger partial charge in [-0.05, 0) is 37.8 Å². The predicted octanol–water partition coefficient (Wildman–Crippen LogP) is 1.44. The number of rotatable bonds is 4. The van der Waals surface area contributed by atoms with Crippen molar-refractivity contribution in [1.29, 1.82) is 0 Å². The van der Waals surface area contributed by atoms with Crippen molar-refractivity contribution in [3.05, 3.63) is 34.5 Å². The van der Waals surface area contributed by atoms with Crippen LogP contribution in [0.2, 0.25) is 0 Å². The summed E-state index contributed by atoms with van der Waals surface area (Å²) in [5.41, 5.74) is 1.03. The Labute approximate surface area is 150 Å². The van der Waals surface area contributed by atoms with E-state index < -0.39 is 0 Å². The Bertz CT molecular complexity index is 1020. The molecule has 0 aliphatic heterocycles. The average molecular weight is 354 g/mol. The van der Waals surface area contributed by atoms with Crippen LogP contribution in [0.15, 0.2) is 23.1 Å². The molecule has 0 unspecified atom stereocenters. The van der Waals surface area contributed by atoms with Crippen LogP contribution in [0.5, 0.6) is 0 Å². The number of carbonyl (C=O) groups excluding carboxylic acids is 1. The molecule has 1 aliphatic rings. The van der Waals surface area contributed by atoms with E-state index in [2.05, 4.69) is 20.5 Å². The molecule has 0 radical (unpaired) electrons. The van der Waals surface area contributed by atoms with Gasteiger partial charge in [-0.3, -0.25) is 18.6 Å². The van der Waals surface area contributed by atoms with E-state index in [-0.39, 0.29) is 23.7 Å². The molecule has 1 aliphatic carbocycles. The molecule has 0 atom stereocenters. The highest BCUT2D eigenvalue weighted by molar-refractivity contribution is 5.80. The summed E-state index contributed by atoms with van der Waals surface area (Å²) >= 11 is 0. The predicted molar refractivity (Wildman–Crippen MR) is 96.9 cm³/mol. The van der Waals surface area contributed by atoms with Gasteiger partial charge >= 0.3 is 0 Å². The second kappa shape index (κ2) is 6.86. The summed E-state index contributed by atoms with van der Waals surface area (Å²) in [5.74, 6) is 0.975. The van der Waals surface area contributed by atoms with Crippen molar-refractivity contribution in [2.24, 2.45) is 5.92 Å².